The van der Waals surface area contributed by atoms with Gasteiger partial charge in [0.25, 0.3) is 0 Å². The van der Waals surface area contributed by atoms with E-state index in [1.165, 1.54) is 45.8 Å². The Labute approximate surface area is 210 Å². The standard InChI is InChI=1S/C33H25FN2/c1-22-8-2-3-9-26(22)30-18-15-24(23-13-16-25(34)17-14-23)21-36(30)32-20-31-33(32)28-11-5-4-10-27(28)29-12-6-7-19-35(29)31/h2-21,31,33H,1H3/q+2. The summed E-state index contributed by atoms with van der Waals surface area (Å²) < 4.78 is 18.4. The summed E-state index contributed by atoms with van der Waals surface area (Å²) in [5, 5.41) is 0. The van der Waals surface area contributed by atoms with Gasteiger partial charge in [-0.25, -0.2) is 4.39 Å². The van der Waals surface area contributed by atoms with E-state index >= 15 is 0 Å². The number of aryl methyl sites for hydroxylation is 1. The molecule has 0 saturated carbocycles. The third-order valence-electron chi connectivity index (χ3n) is 7.61. The van der Waals surface area contributed by atoms with Gasteiger partial charge in [-0.3, -0.25) is 0 Å². The van der Waals surface area contributed by atoms with E-state index in [1.54, 1.807) is 0 Å². The average Bonchev–Trinajstić information content (AvgIpc) is 2.89. The van der Waals surface area contributed by atoms with Crippen LogP contribution in [0.5, 0.6) is 0 Å². The van der Waals surface area contributed by atoms with E-state index in [0.29, 0.717) is 0 Å². The van der Waals surface area contributed by atoms with Gasteiger partial charge in [-0.1, -0.05) is 48.5 Å². The number of fused-ring (bicyclic) bond motifs is 6. The number of pyridine rings is 2. The van der Waals surface area contributed by atoms with Gasteiger partial charge in [-0.15, -0.1) is 0 Å². The molecule has 3 heteroatoms. The van der Waals surface area contributed by atoms with Crippen molar-refractivity contribution in [2.75, 3.05) is 0 Å². The molecule has 5 aromatic rings. The van der Waals surface area contributed by atoms with E-state index in [0.717, 1.165) is 16.8 Å². The molecule has 2 aromatic heterocycles. The van der Waals surface area contributed by atoms with Crippen LogP contribution in [0.15, 0.2) is 122 Å². The van der Waals surface area contributed by atoms with Crippen molar-refractivity contribution in [2.45, 2.75) is 18.9 Å². The lowest BCUT2D eigenvalue weighted by molar-refractivity contribution is -0.715. The van der Waals surface area contributed by atoms with Crippen LogP contribution in [-0.2, 0) is 0 Å². The Hall–Kier alpha value is -4.37. The molecule has 2 atom stereocenters. The van der Waals surface area contributed by atoms with E-state index in [9.17, 15) is 4.39 Å². The maximum absolute atomic E-state index is 13.6. The van der Waals surface area contributed by atoms with E-state index in [1.807, 2.05) is 12.1 Å². The molecule has 172 valence electrons. The first kappa shape index (κ1) is 21.0. The molecule has 2 unspecified atom stereocenters. The number of hydrogen-bond acceptors (Lipinski definition) is 0. The minimum absolute atomic E-state index is 0.220. The van der Waals surface area contributed by atoms with Crippen molar-refractivity contribution >= 4 is 5.70 Å². The number of halogens is 1. The van der Waals surface area contributed by atoms with Gasteiger partial charge in [0.15, 0.2) is 18.4 Å². The van der Waals surface area contributed by atoms with Gasteiger partial charge in [0.2, 0.25) is 17.1 Å². The second-order valence-corrected chi connectivity index (χ2v) is 9.64. The predicted molar refractivity (Wildman–Crippen MR) is 140 cm³/mol. The molecule has 3 heterocycles. The molecule has 1 aliphatic carbocycles. The smallest absolute Gasteiger partial charge is 0.207 e. The van der Waals surface area contributed by atoms with Crippen molar-refractivity contribution in [3.8, 4) is 33.6 Å². The predicted octanol–water partition coefficient (Wildman–Crippen LogP) is 6.90. The fourth-order valence-corrected chi connectivity index (χ4v) is 5.80. The Balaban J connectivity index is 1.45. The molecule has 2 aliphatic rings. The first-order valence-corrected chi connectivity index (χ1v) is 12.4. The van der Waals surface area contributed by atoms with Crippen LogP contribution in [0.3, 0.4) is 0 Å². The summed E-state index contributed by atoms with van der Waals surface area (Å²) in [6.45, 7) is 2.16. The lowest BCUT2D eigenvalue weighted by atomic mass is 9.73. The molecule has 1 aliphatic heterocycles. The van der Waals surface area contributed by atoms with Gasteiger partial charge in [0, 0.05) is 29.3 Å². The summed E-state index contributed by atoms with van der Waals surface area (Å²) >= 11 is 0. The second-order valence-electron chi connectivity index (χ2n) is 9.64. The van der Waals surface area contributed by atoms with Gasteiger partial charge < -0.3 is 0 Å². The number of rotatable bonds is 3. The van der Waals surface area contributed by atoms with Crippen molar-refractivity contribution in [2.24, 2.45) is 0 Å². The Bertz CT molecular complexity index is 1670. The zero-order valence-corrected chi connectivity index (χ0v) is 20.0. The van der Waals surface area contributed by atoms with Crippen molar-refractivity contribution in [3.63, 3.8) is 0 Å². The first-order valence-electron chi connectivity index (χ1n) is 12.4. The van der Waals surface area contributed by atoms with Crippen molar-refractivity contribution < 1.29 is 13.5 Å². The van der Waals surface area contributed by atoms with Crippen LogP contribution in [-0.4, -0.2) is 0 Å². The zero-order valence-electron chi connectivity index (χ0n) is 20.0. The SMILES string of the molecule is Cc1ccccc1-c1ccc(-c2ccc(F)cc2)c[n+]1C1=CC2C1c1ccccc1-c1cccc[n+]12. The topological polar surface area (TPSA) is 7.76 Å². The molecule has 0 N–H and O–H groups in total. The van der Waals surface area contributed by atoms with Crippen molar-refractivity contribution in [1.29, 1.82) is 0 Å². The second kappa shape index (κ2) is 8.10. The molecule has 36 heavy (non-hydrogen) atoms. The maximum atomic E-state index is 13.6. The fraction of sp³-hybridized carbons (Fsp3) is 0.0909. The number of allylic oxidation sites excluding steroid dienone is 2. The Morgan fingerprint density at radius 2 is 1.39 bits per heavy atom. The number of benzene rings is 3. The molecular weight excluding hydrogens is 443 g/mol. The highest BCUT2D eigenvalue weighted by molar-refractivity contribution is 5.73. The Morgan fingerprint density at radius 1 is 0.667 bits per heavy atom. The Morgan fingerprint density at radius 3 is 2.22 bits per heavy atom. The normalized spacial score (nSPS) is 17.3. The van der Waals surface area contributed by atoms with Crippen LogP contribution < -0.4 is 9.13 Å². The summed E-state index contributed by atoms with van der Waals surface area (Å²) in [5.74, 6) is 0.0274. The molecule has 0 fully saturated rings. The van der Waals surface area contributed by atoms with Gasteiger partial charge in [0.05, 0.1) is 11.6 Å². The minimum atomic E-state index is -0.220. The van der Waals surface area contributed by atoms with Crippen LogP contribution in [0.1, 0.15) is 23.1 Å². The first-order chi connectivity index (χ1) is 17.7. The summed E-state index contributed by atoms with van der Waals surface area (Å²) in [7, 11) is 0. The number of aromatic nitrogens is 2. The highest BCUT2D eigenvalue weighted by Gasteiger charge is 2.52. The summed E-state index contributed by atoms with van der Waals surface area (Å²) in [6, 6.07) is 35.1. The summed E-state index contributed by atoms with van der Waals surface area (Å²) in [6.07, 6.45) is 6.79. The third kappa shape index (κ3) is 3.16. The molecule has 7 rings (SSSR count). The molecular formula is C33H25FN2+2. The van der Waals surface area contributed by atoms with Gasteiger partial charge in [-0.05, 0) is 60.0 Å². The van der Waals surface area contributed by atoms with Crippen molar-refractivity contribution in [1.82, 2.24) is 0 Å². The quantitative estimate of drug-likeness (QED) is 0.254. The highest BCUT2D eigenvalue weighted by Crippen LogP contribution is 2.49. The highest BCUT2D eigenvalue weighted by atomic mass is 19.1. The van der Waals surface area contributed by atoms with Crippen LogP contribution in [0.4, 0.5) is 4.39 Å². The molecule has 0 bridgehead atoms. The summed E-state index contributed by atoms with van der Waals surface area (Å²) in [4.78, 5) is 0. The van der Waals surface area contributed by atoms with Gasteiger partial charge in [-0.2, -0.15) is 9.13 Å². The fourth-order valence-electron chi connectivity index (χ4n) is 5.80. The van der Waals surface area contributed by atoms with Gasteiger partial charge >= 0.3 is 0 Å². The van der Waals surface area contributed by atoms with Gasteiger partial charge in [0.1, 0.15) is 11.7 Å². The van der Waals surface area contributed by atoms with E-state index < -0.39 is 0 Å². The molecule has 0 radical (unpaired) electrons. The largest absolute Gasteiger partial charge is 0.218 e. The van der Waals surface area contributed by atoms with Crippen LogP contribution in [0, 0.1) is 12.7 Å². The van der Waals surface area contributed by atoms with Crippen LogP contribution >= 0.6 is 0 Å². The summed E-state index contributed by atoms with van der Waals surface area (Å²) in [5.41, 5.74) is 10.9. The lowest BCUT2D eigenvalue weighted by Crippen LogP contribution is -2.55. The minimum Gasteiger partial charge on any atom is -0.207 e. The maximum Gasteiger partial charge on any atom is 0.218 e. The van der Waals surface area contributed by atoms with E-state index in [4.69, 9.17) is 0 Å². The number of hydrogen-bond donors (Lipinski definition) is 0. The molecule has 3 aromatic carbocycles. The number of nitrogens with zero attached hydrogens (tertiary/aromatic N) is 2. The average molecular weight is 469 g/mol. The molecule has 0 amide bonds. The molecule has 0 spiro atoms. The van der Waals surface area contributed by atoms with E-state index in [2.05, 4.69) is 113 Å². The third-order valence-corrected chi connectivity index (χ3v) is 7.61. The monoisotopic (exact) mass is 468 g/mol. The lowest BCUT2D eigenvalue weighted by Gasteiger charge is -2.34. The van der Waals surface area contributed by atoms with Crippen LogP contribution in [0.25, 0.3) is 39.3 Å². The molecule has 0 saturated heterocycles. The Kier molecular flexibility index (Phi) is 4.71. The van der Waals surface area contributed by atoms with Crippen LogP contribution in [0.2, 0.25) is 0 Å². The van der Waals surface area contributed by atoms with Crippen molar-refractivity contribution in [3.05, 3.63) is 139 Å². The molecule has 2 nitrogen and oxygen atoms in total. The zero-order chi connectivity index (χ0) is 24.2. The van der Waals surface area contributed by atoms with E-state index in [-0.39, 0.29) is 17.8 Å².